The van der Waals surface area contributed by atoms with Crippen molar-refractivity contribution in [2.75, 3.05) is 0 Å². The third-order valence-electron chi connectivity index (χ3n) is 1.81. The first-order valence-corrected chi connectivity index (χ1v) is 5.10. The van der Waals surface area contributed by atoms with E-state index in [4.69, 9.17) is 0 Å². The Morgan fingerprint density at radius 1 is 1.33 bits per heavy atom. The van der Waals surface area contributed by atoms with Crippen LogP contribution in [0.5, 0.6) is 0 Å². The highest BCUT2D eigenvalue weighted by atomic mass is 79.9. The van der Waals surface area contributed by atoms with E-state index in [1.807, 2.05) is 6.07 Å². The van der Waals surface area contributed by atoms with Crippen LogP contribution in [-0.4, -0.2) is 4.98 Å². The molecule has 0 unspecified atom stereocenters. The molecular weight excluding hydrogens is 234 g/mol. The molecule has 0 aliphatic heterocycles. The van der Waals surface area contributed by atoms with Crippen LogP contribution in [0.4, 0.5) is 0 Å². The number of H-pyrrole nitrogens is 1. The van der Waals surface area contributed by atoms with E-state index in [2.05, 4.69) is 51.7 Å². The second-order valence-electron chi connectivity index (χ2n) is 2.68. The average Bonchev–Trinajstić information content (AvgIpc) is 2.46. The summed E-state index contributed by atoms with van der Waals surface area (Å²) >= 11 is 7.63. The van der Waals surface area contributed by atoms with Crippen LogP contribution in [0.3, 0.4) is 0 Å². The summed E-state index contributed by atoms with van der Waals surface area (Å²) in [7, 11) is 0. The number of nitrogens with one attached hydrogen (secondary N) is 1. The first-order valence-electron chi connectivity index (χ1n) is 3.67. The monoisotopic (exact) mass is 241 g/mol. The van der Waals surface area contributed by atoms with Gasteiger partial charge in [0.1, 0.15) is 0 Å². The van der Waals surface area contributed by atoms with E-state index in [1.54, 1.807) is 0 Å². The summed E-state index contributed by atoms with van der Waals surface area (Å²) in [4.78, 5) is 3.28. The number of halogens is 1. The van der Waals surface area contributed by atoms with Gasteiger partial charge < -0.3 is 4.98 Å². The largest absolute Gasteiger partial charge is 0.358 e. The summed E-state index contributed by atoms with van der Waals surface area (Å²) in [5, 5.41) is 1.24. The summed E-state index contributed by atoms with van der Waals surface area (Å²) in [5.41, 5.74) is 2.32. The SMILES string of the molecule is SCc1cc2ccc(Br)cc2[nH]1. The molecule has 2 aromatic rings. The second kappa shape index (κ2) is 3.15. The van der Waals surface area contributed by atoms with Gasteiger partial charge in [-0.2, -0.15) is 12.6 Å². The smallest absolute Gasteiger partial charge is 0.0467 e. The minimum Gasteiger partial charge on any atom is -0.358 e. The Bertz CT molecular complexity index is 408. The molecule has 1 aromatic heterocycles. The Morgan fingerprint density at radius 3 is 2.92 bits per heavy atom. The Balaban J connectivity index is 2.67. The van der Waals surface area contributed by atoms with Crippen molar-refractivity contribution in [3.63, 3.8) is 0 Å². The summed E-state index contributed by atoms with van der Waals surface area (Å²) in [6.07, 6.45) is 0. The lowest BCUT2D eigenvalue weighted by Crippen LogP contribution is -1.72. The second-order valence-corrected chi connectivity index (χ2v) is 3.92. The third-order valence-corrected chi connectivity index (χ3v) is 2.64. The number of benzene rings is 1. The predicted molar refractivity (Wildman–Crippen MR) is 58.7 cm³/mol. The van der Waals surface area contributed by atoms with Gasteiger partial charge in [0.15, 0.2) is 0 Å². The number of hydrogen-bond donors (Lipinski definition) is 2. The molecule has 0 amide bonds. The van der Waals surface area contributed by atoms with Crippen LogP contribution < -0.4 is 0 Å². The van der Waals surface area contributed by atoms with Crippen LogP contribution >= 0.6 is 28.6 Å². The first kappa shape index (κ1) is 8.20. The highest BCUT2D eigenvalue weighted by molar-refractivity contribution is 9.10. The third kappa shape index (κ3) is 1.39. The van der Waals surface area contributed by atoms with Gasteiger partial charge in [-0.05, 0) is 23.6 Å². The normalized spacial score (nSPS) is 10.8. The molecule has 1 N–H and O–H groups in total. The maximum Gasteiger partial charge on any atom is 0.0467 e. The van der Waals surface area contributed by atoms with E-state index >= 15 is 0 Å². The van der Waals surface area contributed by atoms with Crippen molar-refractivity contribution in [1.82, 2.24) is 4.98 Å². The van der Waals surface area contributed by atoms with E-state index < -0.39 is 0 Å². The first-order chi connectivity index (χ1) is 5.79. The lowest BCUT2D eigenvalue weighted by molar-refractivity contribution is 1.27. The zero-order valence-corrected chi connectivity index (χ0v) is 8.82. The van der Waals surface area contributed by atoms with E-state index in [-0.39, 0.29) is 0 Å². The standard InChI is InChI=1S/C9H8BrNS/c10-7-2-1-6-3-8(5-12)11-9(6)4-7/h1-4,11-12H,5H2. The van der Waals surface area contributed by atoms with Gasteiger partial charge in [-0.3, -0.25) is 0 Å². The molecule has 0 fully saturated rings. The van der Waals surface area contributed by atoms with Crippen molar-refractivity contribution >= 4 is 39.5 Å². The van der Waals surface area contributed by atoms with Gasteiger partial charge >= 0.3 is 0 Å². The number of aromatic amines is 1. The van der Waals surface area contributed by atoms with Crippen molar-refractivity contribution in [2.45, 2.75) is 5.75 Å². The zero-order chi connectivity index (χ0) is 8.55. The molecule has 0 aliphatic rings. The van der Waals surface area contributed by atoms with Gasteiger partial charge in [0.05, 0.1) is 0 Å². The van der Waals surface area contributed by atoms with Gasteiger partial charge in [0.25, 0.3) is 0 Å². The molecule has 3 heteroatoms. The Labute approximate surface area is 84.7 Å². The Kier molecular flexibility index (Phi) is 2.15. The van der Waals surface area contributed by atoms with Crippen molar-refractivity contribution in [3.05, 3.63) is 34.4 Å². The van der Waals surface area contributed by atoms with Gasteiger partial charge in [-0.15, -0.1) is 0 Å². The van der Waals surface area contributed by atoms with Crippen LogP contribution in [-0.2, 0) is 5.75 Å². The number of thiol groups is 1. The number of hydrogen-bond acceptors (Lipinski definition) is 1. The predicted octanol–water partition coefficient (Wildman–Crippen LogP) is 3.36. The van der Waals surface area contributed by atoms with Crippen LogP contribution in [0, 0.1) is 0 Å². The summed E-state index contributed by atoms with van der Waals surface area (Å²) in [6, 6.07) is 8.32. The van der Waals surface area contributed by atoms with Crippen LogP contribution in [0.2, 0.25) is 0 Å². The van der Waals surface area contributed by atoms with Crippen molar-refractivity contribution in [1.29, 1.82) is 0 Å². The molecule has 1 aromatic carbocycles. The molecule has 2 rings (SSSR count). The molecule has 0 radical (unpaired) electrons. The van der Waals surface area contributed by atoms with Crippen molar-refractivity contribution < 1.29 is 0 Å². The number of rotatable bonds is 1. The number of fused-ring (bicyclic) bond motifs is 1. The minimum absolute atomic E-state index is 0.756. The van der Waals surface area contributed by atoms with Gasteiger partial charge in [-0.1, -0.05) is 22.0 Å². The molecule has 0 aliphatic carbocycles. The van der Waals surface area contributed by atoms with Crippen molar-refractivity contribution in [3.8, 4) is 0 Å². The zero-order valence-electron chi connectivity index (χ0n) is 6.34. The molecule has 1 heterocycles. The number of aromatic nitrogens is 1. The van der Waals surface area contributed by atoms with Crippen LogP contribution in [0.1, 0.15) is 5.69 Å². The molecule has 0 spiro atoms. The lowest BCUT2D eigenvalue weighted by atomic mass is 10.2. The molecule has 0 saturated heterocycles. The van der Waals surface area contributed by atoms with E-state index in [9.17, 15) is 0 Å². The van der Waals surface area contributed by atoms with Gasteiger partial charge in [0, 0.05) is 21.4 Å². The fraction of sp³-hybridized carbons (Fsp3) is 0.111. The van der Waals surface area contributed by atoms with E-state index in [1.165, 1.54) is 5.39 Å². The van der Waals surface area contributed by atoms with E-state index in [0.29, 0.717) is 0 Å². The average molecular weight is 242 g/mol. The molecule has 0 saturated carbocycles. The molecule has 12 heavy (non-hydrogen) atoms. The fourth-order valence-electron chi connectivity index (χ4n) is 1.24. The molecule has 0 atom stereocenters. The van der Waals surface area contributed by atoms with E-state index in [0.717, 1.165) is 21.4 Å². The molecule has 62 valence electrons. The molecular formula is C9H8BrNS. The summed E-state index contributed by atoms with van der Waals surface area (Å²) in [5.74, 6) is 0.756. The lowest BCUT2D eigenvalue weighted by Gasteiger charge is -1.89. The fourth-order valence-corrected chi connectivity index (χ4v) is 1.78. The quantitative estimate of drug-likeness (QED) is 0.713. The highest BCUT2D eigenvalue weighted by Crippen LogP contribution is 2.20. The highest BCUT2D eigenvalue weighted by Gasteiger charge is 1.98. The molecule has 0 bridgehead atoms. The van der Waals surface area contributed by atoms with Crippen LogP contribution in [0.15, 0.2) is 28.7 Å². The van der Waals surface area contributed by atoms with Crippen LogP contribution in [0.25, 0.3) is 10.9 Å². The summed E-state index contributed by atoms with van der Waals surface area (Å²) in [6.45, 7) is 0. The Hall–Kier alpha value is -0.410. The maximum absolute atomic E-state index is 4.20. The minimum atomic E-state index is 0.756. The van der Waals surface area contributed by atoms with Gasteiger partial charge in [0.2, 0.25) is 0 Å². The maximum atomic E-state index is 4.20. The molecule has 1 nitrogen and oxygen atoms in total. The topological polar surface area (TPSA) is 15.8 Å². The Morgan fingerprint density at radius 2 is 2.17 bits per heavy atom. The van der Waals surface area contributed by atoms with Crippen molar-refractivity contribution in [2.24, 2.45) is 0 Å². The summed E-state index contributed by atoms with van der Waals surface area (Å²) < 4.78 is 1.10. The van der Waals surface area contributed by atoms with Gasteiger partial charge in [-0.25, -0.2) is 0 Å².